The van der Waals surface area contributed by atoms with Gasteiger partial charge >= 0.3 is 11.9 Å². The summed E-state index contributed by atoms with van der Waals surface area (Å²) < 4.78 is 9.83. The molecule has 184 valence electrons. The summed E-state index contributed by atoms with van der Waals surface area (Å²) in [5, 5.41) is -0.165. The number of esters is 2. The smallest absolute Gasteiger partial charge is 0.305 e. The lowest BCUT2D eigenvalue weighted by atomic mass is 9.79. The maximum Gasteiger partial charge on any atom is 0.305 e. The lowest BCUT2D eigenvalue weighted by molar-refractivity contribution is -0.167. The van der Waals surface area contributed by atoms with Crippen LogP contribution in [0, 0.1) is 5.92 Å². The highest BCUT2D eigenvalue weighted by Gasteiger charge is 2.52. The Morgan fingerprint density at radius 1 is 1.24 bits per heavy atom. The van der Waals surface area contributed by atoms with Crippen molar-refractivity contribution < 1.29 is 28.7 Å². The van der Waals surface area contributed by atoms with Gasteiger partial charge in [0.05, 0.1) is 12.1 Å². The van der Waals surface area contributed by atoms with Crippen LogP contribution in [0.3, 0.4) is 0 Å². The maximum atomic E-state index is 13.3. The fourth-order valence-corrected chi connectivity index (χ4v) is 4.05. The molecular formula is C26H32ClNO6. The van der Waals surface area contributed by atoms with Crippen LogP contribution in [-0.2, 0) is 28.7 Å². The second-order valence-electron chi connectivity index (χ2n) is 8.63. The van der Waals surface area contributed by atoms with E-state index in [9.17, 15) is 19.2 Å². The second kappa shape index (κ2) is 11.5. The van der Waals surface area contributed by atoms with Crippen LogP contribution >= 0.6 is 11.6 Å². The average molecular weight is 490 g/mol. The summed E-state index contributed by atoms with van der Waals surface area (Å²) in [6, 6.07) is 0. The first-order valence-corrected chi connectivity index (χ1v) is 11.6. The van der Waals surface area contributed by atoms with E-state index in [1.54, 1.807) is 12.3 Å². The Balaban J connectivity index is 2.50. The SMILES string of the molecule is CC[C@H](C)/C=C(C)/C=C/C1=CC2=C(Cl)C(=O)[C@@](C)(OC(C)=O)C(=O)C2=CN1CCCC(=O)OC. The van der Waals surface area contributed by atoms with Crippen LogP contribution < -0.4 is 0 Å². The summed E-state index contributed by atoms with van der Waals surface area (Å²) in [6.45, 7) is 9.05. The van der Waals surface area contributed by atoms with Crippen molar-refractivity contribution in [2.75, 3.05) is 13.7 Å². The Hall–Kier alpha value is -2.93. The molecule has 1 aliphatic carbocycles. The van der Waals surface area contributed by atoms with Crippen LogP contribution in [0.4, 0.5) is 0 Å². The highest BCUT2D eigenvalue weighted by atomic mass is 35.5. The van der Waals surface area contributed by atoms with Gasteiger partial charge < -0.3 is 14.4 Å². The molecule has 0 bridgehead atoms. The molecule has 0 spiro atoms. The molecule has 0 N–H and O–H groups in total. The van der Waals surface area contributed by atoms with E-state index in [0.717, 1.165) is 18.9 Å². The van der Waals surface area contributed by atoms with Crippen LogP contribution in [0.1, 0.15) is 53.9 Å². The van der Waals surface area contributed by atoms with Gasteiger partial charge in [0.1, 0.15) is 0 Å². The third-order valence-corrected chi connectivity index (χ3v) is 6.19. The molecule has 0 saturated carbocycles. The molecule has 0 saturated heterocycles. The number of carbonyl (C=O) groups excluding carboxylic acids is 4. The van der Waals surface area contributed by atoms with Gasteiger partial charge in [-0.05, 0) is 38.3 Å². The van der Waals surface area contributed by atoms with Crippen LogP contribution in [-0.4, -0.2) is 47.7 Å². The topological polar surface area (TPSA) is 90.0 Å². The van der Waals surface area contributed by atoms with E-state index in [-0.39, 0.29) is 28.6 Å². The van der Waals surface area contributed by atoms with Crippen molar-refractivity contribution >= 4 is 35.1 Å². The van der Waals surface area contributed by atoms with Gasteiger partial charge in [-0.25, -0.2) is 0 Å². The van der Waals surface area contributed by atoms with Gasteiger partial charge in [0.25, 0.3) is 0 Å². The Bertz CT molecular complexity index is 1030. The van der Waals surface area contributed by atoms with E-state index >= 15 is 0 Å². The number of ketones is 2. The summed E-state index contributed by atoms with van der Waals surface area (Å²) >= 11 is 6.39. The van der Waals surface area contributed by atoms with Gasteiger partial charge in [-0.2, -0.15) is 0 Å². The molecule has 0 fully saturated rings. The van der Waals surface area contributed by atoms with Crippen LogP contribution in [0.5, 0.6) is 0 Å². The number of allylic oxidation sites excluding steroid dienone is 6. The van der Waals surface area contributed by atoms with Crippen molar-refractivity contribution in [2.24, 2.45) is 5.92 Å². The van der Waals surface area contributed by atoms with Crippen LogP contribution in [0.15, 0.2) is 58.0 Å². The number of rotatable bonds is 9. The molecule has 0 aromatic rings. The summed E-state index contributed by atoms with van der Waals surface area (Å²) in [4.78, 5) is 51.1. The molecule has 8 heteroatoms. The lowest BCUT2D eigenvalue weighted by Crippen LogP contribution is -2.52. The molecule has 1 aliphatic heterocycles. The van der Waals surface area contributed by atoms with Gasteiger partial charge in [0.2, 0.25) is 17.2 Å². The van der Waals surface area contributed by atoms with Crippen molar-refractivity contribution in [3.05, 3.63) is 58.0 Å². The summed E-state index contributed by atoms with van der Waals surface area (Å²) in [6.07, 6.45) is 11.0. The largest absolute Gasteiger partial charge is 0.469 e. The molecule has 0 aromatic carbocycles. The minimum Gasteiger partial charge on any atom is -0.469 e. The van der Waals surface area contributed by atoms with Gasteiger partial charge in [-0.3, -0.25) is 19.2 Å². The first kappa shape index (κ1) is 27.3. The van der Waals surface area contributed by atoms with E-state index < -0.39 is 23.1 Å². The number of hydrogen-bond acceptors (Lipinski definition) is 7. The van der Waals surface area contributed by atoms with Gasteiger partial charge in [0.15, 0.2) is 0 Å². The van der Waals surface area contributed by atoms with Crippen LogP contribution in [0.2, 0.25) is 0 Å². The maximum absolute atomic E-state index is 13.3. The molecule has 1 heterocycles. The Labute approximate surface area is 205 Å². The normalized spacial score (nSPS) is 21.9. The molecule has 2 atom stereocenters. The molecule has 0 unspecified atom stereocenters. The number of nitrogens with zero attached hydrogens (tertiary/aromatic N) is 1. The number of carbonyl (C=O) groups is 4. The van der Waals surface area contributed by atoms with Crippen LogP contribution in [0.25, 0.3) is 0 Å². The number of hydrogen-bond donors (Lipinski definition) is 0. The predicted octanol–water partition coefficient (Wildman–Crippen LogP) is 4.54. The third kappa shape index (κ3) is 6.14. The van der Waals surface area contributed by atoms with Crippen molar-refractivity contribution in [1.82, 2.24) is 4.90 Å². The predicted molar refractivity (Wildman–Crippen MR) is 130 cm³/mol. The van der Waals surface area contributed by atoms with E-state index in [4.69, 9.17) is 21.1 Å². The molecular weight excluding hydrogens is 458 g/mol. The van der Waals surface area contributed by atoms with Crippen molar-refractivity contribution in [2.45, 2.75) is 59.5 Å². The zero-order valence-electron chi connectivity index (χ0n) is 20.6. The number of methoxy groups -OCH3 is 1. The Kier molecular flexibility index (Phi) is 9.21. The third-order valence-electron chi connectivity index (χ3n) is 5.81. The van der Waals surface area contributed by atoms with E-state index in [1.165, 1.54) is 14.0 Å². The van der Waals surface area contributed by atoms with Crippen molar-refractivity contribution in [1.29, 1.82) is 0 Å². The zero-order chi connectivity index (χ0) is 25.6. The molecule has 34 heavy (non-hydrogen) atoms. The minimum absolute atomic E-state index is 0.165. The molecule has 0 amide bonds. The molecule has 0 radical (unpaired) electrons. The van der Waals surface area contributed by atoms with E-state index in [0.29, 0.717) is 24.6 Å². The first-order chi connectivity index (χ1) is 15.9. The van der Waals surface area contributed by atoms with E-state index in [2.05, 4.69) is 19.9 Å². The zero-order valence-corrected chi connectivity index (χ0v) is 21.3. The molecule has 2 rings (SSSR count). The van der Waals surface area contributed by atoms with Crippen molar-refractivity contribution in [3.8, 4) is 0 Å². The number of fused-ring (bicyclic) bond motifs is 1. The quantitative estimate of drug-likeness (QED) is 0.267. The Morgan fingerprint density at radius 3 is 2.50 bits per heavy atom. The van der Waals surface area contributed by atoms with Gasteiger partial charge in [-0.1, -0.05) is 49.6 Å². The average Bonchev–Trinajstić information content (AvgIpc) is 2.79. The lowest BCUT2D eigenvalue weighted by Gasteiger charge is -2.35. The first-order valence-electron chi connectivity index (χ1n) is 11.3. The summed E-state index contributed by atoms with van der Waals surface area (Å²) in [5.41, 5.74) is 0.213. The second-order valence-corrected chi connectivity index (χ2v) is 9.01. The number of ether oxygens (including phenoxy) is 2. The molecule has 7 nitrogen and oxygen atoms in total. The number of Topliss-reactive ketones (excluding diaryl/α,β-unsaturated/α-hetero) is 2. The standard InChI is InChI=1S/C26H32ClNO6/c1-7-16(2)13-17(3)10-11-19-14-20-21(15-28(19)12-8-9-22(30)33-6)24(31)26(5,34-18(4)29)25(32)23(20)27/h10-11,13-16H,7-9,12H2,1-6H3/b11-10+,17-13+/t16-,26-/m0/s1. The fraction of sp³-hybridized carbons (Fsp3) is 0.462. The van der Waals surface area contributed by atoms with Crippen molar-refractivity contribution in [3.63, 3.8) is 0 Å². The van der Waals surface area contributed by atoms with E-state index in [1.807, 2.05) is 24.0 Å². The molecule has 0 aromatic heterocycles. The fourth-order valence-electron chi connectivity index (χ4n) is 3.72. The highest BCUT2D eigenvalue weighted by molar-refractivity contribution is 6.49. The number of halogens is 1. The van der Waals surface area contributed by atoms with Gasteiger partial charge in [-0.15, -0.1) is 0 Å². The highest BCUT2D eigenvalue weighted by Crippen LogP contribution is 2.39. The monoisotopic (exact) mass is 489 g/mol. The summed E-state index contributed by atoms with van der Waals surface area (Å²) in [5.74, 6) is -2.06. The molecule has 2 aliphatic rings. The summed E-state index contributed by atoms with van der Waals surface area (Å²) in [7, 11) is 1.33. The Morgan fingerprint density at radius 2 is 1.91 bits per heavy atom. The van der Waals surface area contributed by atoms with Gasteiger partial charge in [0, 0.05) is 42.9 Å². The minimum atomic E-state index is -2.02.